The number of nitrogens with one attached hydrogen (secondary N) is 1. The summed E-state index contributed by atoms with van der Waals surface area (Å²) in [5, 5.41) is 28.6. The number of rotatable bonds is 2. The fraction of sp³-hybridized carbons (Fsp3) is 0.636. The molecule has 1 fully saturated rings. The van der Waals surface area contributed by atoms with Crippen molar-refractivity contribution in [3.05, 3.63) is 32.1 Å². The van der Waals surface area contributed by atoms with Gasteiger partial charge < -0.3 is 24.6 Å². The van der Waals surface area contributed by atoms with Gasteiger partial charge in [-0.1, -0.05) is 0 Å². The molecule has 4 atom stereocenters. The van der Waals surface area contributed by atoms with E-state index in [4.69, 9.17) is 9.84 Å². The maximum atomic E-state index is 11.8. The zero-order valence-electron chi connectivity index (χ0n) is 10.5. The summed E-state index contributed by atoms with van der Waals surface area (Å²) in [4.78, 5) is 25.4. The van der Waals surface area contributed by atoms with Gasteiger partial charge in [0.25, 0.3) is 5.56 Å². The average Bonchev–Trinajstić information content (AvgIpc) is 2.64. The molecule has 4 N–H and O–H groups in total. The van der Waals surface area contributed by atoms with Gasteiger partial charge in [-0.05, 0) is 6.92 Å². The SMILES string of the molecule is Cc1c(C2OC(CO)C(O)C2O)c(=O)[nH]c(=O)n1C. The third kappa shape index (κ3) is 2.12. The van der Waals surface area contributed by atoms with E-state index in [-0.39, 0.29) is 5.56 Å². The first-order chi connectivity index (χ1) is 8.88. The van der Waals surface area contributed by atoms with Crippen LogP contribution < -0.4 is 11.2 Å². The maximum absolute atomic E-state index is 11.8. The molecule has 0 amide bonds. The Morgan fingerprint density at radius 3 is 2.47 bits per heavy atom. The van der Waals surface area contributed by atoms with Gasteiger partial charge >= 0.3 is 5.69 Å². The van der Waals surface area contributed by atoms with Gasteiger partial charge in [0, 0.05) is 12.7 Å². The molecule has 106 valence electrons. The molecule has 0 bridgehead atoms. The quantitative estimate of drug-likeness (QED) is 0.473. The van der Waals surface area contributed by atoms with Crippen molar-refractivity contribution in [2.45, 2.75) is 31.3 Å². The van der Waals surface area contributed by atoms with E-state index >= 15 is 0 Å². The fourth-order valence-corrected chi connectivity index (χ4v) is 2.22. The minimum absolute atomic E-state index is 0.0737. The molecule has 0 aromatic carbocycles. The molecule has 2 heterocycles. The normalized spacial score (nSPS) is 30.8. The van der Waals surface area contributed by atoms with E-state index in [1.54, 1.807) is 6.92 Å². The Balaban J connectivity index is 2.52. The predicted molar refractivity (Wildman–Crippen MR) is 63.8 cm³/mol. The molecule has 0 radical (unpaired) electrons. The van der Waals surface area contributed by atoms with Gasteiger partial charge in [0.15, 0.2) is 0 Å². The van der Waals surface area contributed by atoms with Gasteiger partial charge in [0.2, 0.25) is 0 Å². The van der Waals surface area contributed by atoms with Crippen molar-refractivity contribution in [1.29, 1.82) is 0 Å². The van der Waals surface area contributed by atoms with Crippen LogP contribution in [0.25, 0.3) is 0 Å². The molecular weight excluding hydrogens is 256 g/mol. The minimum Gasteiger partial charge on any atom is -0.394 e. The van der Waals surface area contributed by atoms with Crippen LogP contribution in [-0.4, -0.2) is 49.8 Å². The molecule has 2 rings (SSSR count). The Hall–Kier alpha value is -1.48. The van der Waals surface area contributed by atoms with Crippen LogP contribution in [0.5, 0.6) is 0 Å². The lowest BCUT2D eigenvalue weighted by Crippen LogP contribution is -2.37. The lowest BCUT2D eigenvalue weighted by molar-refractivity contribution is -0.0235. The summed E-state index contributed by atoms with van der Waals surface area (Å²) in [6.07, 6.45) is -4.67. The van der Waals surface area contributed by atoms with Gasteiger partial charge in [0.1, 0.15) is 24.4 Å². The first kappa shape index (κ1) is 13.9. The molecule has 1 aromatic heterocycles. The van der Waals surface area contributed by atoms with Gasteiger partial charge in [-0.3, -0.25) is 9.78 Å². The van der Waals surface area contributed by atoms with Crippen molar-refractivity contribution >= 4 is 0 Å². The second kappa shape index (κ2) is 4.89. The summed E-state index contributed by atoms with van der Waals surface area (Å²) in [6, 6.07) is 0. The van der Waals surface area contributed by atoms with E-state index < -0.39 is 42.3 Å². The Bertz CT molecular complexity index is 592. The van der Waals surface area contributed by atoms with E-state index in [1.807, 2.05) is 0 Å². The van der Waals surface area contributed by atoms with E-state index in [2.05, 4.69) is 4.98 Å². The number of aliphatic hydroxyl groups excluding tert-OH is 3. The van der Waals surface area contributed by atoms with E-state index in [0.717, 1.165) is 0 Å². The van der Waals surface area contributed by atoms with Crippen molar-refractivity contribution in [2.75, 3.05) is 6.61 Å². The van der Waals surface area contributed by atoms with Crippen LogP contribution in [0.3, 0.4) is 0 Å². The number of ether oxygens (including phenoxy) is 1. The molecule has 8 nitrogen and oxygen atoms in total. The third-order valence-corrected chi connectivity index (χ3v) is 3.49. The highest BCUT2D eigenvalue weighted by atomic mass is 16.6. The van der Waals surface area contributed by atoms with Crippen LogP contribution in [-0.2, 0) is 11.8 Å². The second-order valence-electron chi connectivity index (χ2n) is 4.58. The topological polar surface area (TPSA) is 125 Å². The van der Waals surface area contributed by atoms with Gasteiger partial charge in [-0.25, -0.2) is 4.79 Å². The van der Waals surface area contributed by atoms with E-state index in [1.165, 1.54) is 11.6 Å². The van der Waals surface area contributed by atoms with Crippen molar-refractivity contribution < 1.29 is 20.1 Å². The van der Waals surface area contributed by atoms with Crippen LogP contribution in [0.1, 0.15) is 17.4 Å². The zero-order chi connectivity index (χ0) is 14.3. The van der Waals surface area contributed by atoms with Crippen LogP contribution >= 0.6 is 0 Å². The first-order valence-corrected chi connectivity index (χ1v) is 5.80. The Morgan fingerprint density at radius 2 is 1.95 bits per heavy atom. The summed E-state index contributed by atoms with van der Waals surface area (Å²) in [7, 11) is 1.47. The smallest absolute Gasteiger partial charge is 0.328 e. The van der Waals surface area contributed by atoms with Crippen molar-refractivity contribution in [1.82, 2.24) is 9.55 Å². The molecule has 1 saturated heterocycles. The highest BCUT2D eigenvalue weighted by molar-refractivity contribution is 5.22. The highest BCUT2D eigenvalue weighted by Gasteiger charge is 2.44. The molecule has 0 saturated carbocycles. The molecular formula is C11H16N2O6. The maximum Gasteiger partial charge on any atom is 0.328 e. The molecule has 0 aliphatic carbocycles. The number of aromatic nitrogens is 2. The zero-order valence-corrected chi connectivity index (χ0v) is 10.5. The summed E-state index contributed by atoms with van der Waals surface area (Å²) < 4.78 is 6.51. The number of hydrogen-bond donors (Lipinski definition) is 4. The molecule has 19 heavy (non-hydrogen) atoms. The number of H-pyrrole nitrogens is 1. The molecule has 8 heteroatoms. The monoisotopic (exact) mass is 272 g/mol. The lowest BCUT2D eigenvalue weighted by atomic mass is 10.0. The molecule has 1 aliphatic rings. The summed E-state index contributed by atoms with van der Waals surface area (Å²) in [6.45, 7) is 1.07. The largest absolute Gasteiger partial charge is 0.394 e. The standard InChI is InChI=1S/C11H16N2O6/c1-4-6(10(17)12-11(18)13(4)2)9-8(16)7(15)5(3-14)19-9/h5,7-9,14-16H,3H2,1-2H3,(H,12,17,18). The first-order valence-electron chi connectivity index (χ1n) is 5.80. The van der Waals surface area contributed by atoms with Crippen molar-refractivity contribution in [3.8, 4) is 0 Å². The molecule has 1 aliphatic heterocycles. The number of aromatic amines is 1. The number of aliphatic hydroxyl groups is 3. The Morgan fingerprint density at radius 1 is 1.32 bits per heavy atom. The Labute approximate surface area is 107 Å². The van der Waals surface area contributed by atoms with Crippen LogP contribution in [0.2, 0.25) is 0 Å². The summed E-state index contributed by atoms with van der Waals surface area (Å²) in [5.74, 6) is 0. The molecule has 0 spiro atoms. The second-order valence-corrected chi connectivity index (χ2v) is 4.58. The van der Waals surface area contributed by atoms with Gasteiger partial charge in [-0.2, -0.15) is 0 Å². The lowest BCUT2D eigenvalue weighted by Gasteiger charge is -2.17. The Kier molecular flexibility index (Phi) is 3.59. The number of nitrogens with zero attached hydrogens (tertiary/aromatic N) is 1. The van der Waals surface area contributed by atoms with Crippen molar-refractivity contribution in [3.63, 3.8) is 0 Å². The van der Waals surface area contributed by atoms with Crippen molar-refractivity contribution in [2.24, 2.45) is 7.05 Å². The van der Waals surface area contributed by atoms with Gasteiger partial charge in [0.05, 0.1) is 12.2 Å². The number of hydrogen-bond acceptors (Lipinski definition) is 6. The predicted octanol–water partition coefficient (Wildman–Crippen LogP) is -2.46. The average molecular weight is 272 g/mol. The van der Waals surface area contributed by atoms with Gasteiger partial charge in [-0.15, -0.1) is 0 Å². The van der Waals surface area contributed by atoms with Crippen LogP contribution in [0.4, 0.5) is 0 Å². The molecule has 1 aromatic rings. The third-order valence-electron chi connectivity index (χ3n) is 3.49. The minimum atomic E-state index is -1.34. The fourth-order valence-electron chi connectivity index (χ4n) is 2.22. The summed E-state index contributed by atoms with van der Waals surface area (Å²) >= 11 is 0. The van der Waals surface area contributed by atoms with E-state index in [0.29, 0.717) is 5.69 Å². The van der Waals surface area contributed by atoms with E-state index in [9.17, 15) is 19.8 Å². The summed E-state index contributed by atoms with van der Waals surface area (Å²) in [5.41, 5.74) is -0.832. The van der Waals surface area contributed by atoms with Crippen LogP contribution in [0, 0.1) is 6.92 Å². The highest BCUT2D eigenvalue weighted by Crippen LogP contribution is 2.32. The molecule has 4 unspecified atom stereocenters. The van der Waals surface area contributed by atoms with Crippen LogP contribution in [0.15, 0.2) is 9.59 Å².